The lowest BCUT2D eigenvalue weighted by molar-refractivity contribution is -0.0220. The standard InChI is InChI=1S/C18H39O9P/c1-17(2)26-15-13-24-11-9-22-7-5-21-6-8-23-10-12-25-14-16-27-28(19,20)18(3)4/h17-18H,5-16H2,1-4H3,(H,19,20). The molecule has 0 aromatic rings. The Labute approximate surface area is 169 Å². The summed E-state index contributed by atoms with van der Waals surface area (Å²) in [6.45, 7) is 12.7. The SMILES string of the molecule is CC(C)OCCOCCOCCOCCOCCOCCOP(=O)(O)C(C)C. The zero-order valence-corrected chi connectivity index (χ0v) is 18.7. The van der Waals surface area contributed by atoms with Crippen molar-refractivity contribution >= 4 is 7.60 Å². The number of hydrogen-bond acceptors (Lipinski definition) is 8. The largest absolute Gasteiger partial charge is 0.377 e. The van der Waals surface area contributed by atoms with E-state index in [0.29, 0.717) is 66.1 Å². The topological polar surface area (TPSA) is 102 Å². The Morgan fingerprint density at radius 3 is 1.25 bits per heavy atom. The second-order valence-electron chi connectivity index (χ2n) is 6.47. The monoisotopic (exact) mass is 430 g/mol. The molecular formula is C18H39O9P. The van der Waals surface area contributed by atoms with Gasteiger partial charge in [0.1, 0.15) is 0 Å². The van der Waals surface area contributed by atoms with Crippen LogP contribution in [0.3, 0.4) is 0 Å². The summed E-state index contributed by atoms with van der Waals surface area (Å²) in [4.78, 5) is 9.46. The molecule has 0 rings (SSSR count). The van der Waals surface area contributed by atoms with Crippen molar-refractivity contribution < 1.29 is 42.4 Å². The van der Waals surface area contributed by atoms with E-state index in [1.54, 1.807) is 13.8 Å². The van der Waals surface area contributed by atoms with Crippen LogP contribution in [0.1, 0.15) is 27.7 Å². The molecule has 0 amide bonds. The van der Waals surface area contributed by atoms with Gasteiger partial charge in [-0.25, -0.2) is 0 Å². The molecule has 0 saturated heterocycles. The van der Waals surface area contributed by atoms with Crippen LogP contribution in [-0.2, 0) is 37.5 Å². The van der Waals surface area contributed by atoms with Crippen LogP contribution in [0.5, 0.6) is 0 Å². The third-order valence-electron chi connectivity index (χ3n) is 3.32. The van der Waals surface area contributed by atoms with Crippen molar-refractivity contribution in [1.29, 1.82) is 0 Å². The van der Waals surface area contributed by atoms with Crippen LogP contribution >= 0.6 is 7.60 Å². The highest BCUT2D eigenvalue weighted by atomic mass is 31.2. The lowest BCUT2D eigenvalue weighted by Crippen LogP contribution is -2.15. The van der Waals surface area contributed by atoms with Gasteiger partial charge in [-0.2, -0.15) is 0 Å². The van der Waals surface area contributed by atoms with Crippen LogP contribution in [-0.4, -0.2) is 95.9 Å². The lowest BCUT2D eigenvalue weighted by Gasteiger charge is -2.15. The molecule has 0 fully saturated rings. The Hall–Kier alpha value is -0.0900. The summed E-state index contributed by atoms with van der Waals surface area (Å²) >= 11 is 0. The highest BCUT2D eigenvalue weighted by Gasteiger charge is 2.23. The second-order valence-corrected chi connectivity index (χ2v) is 8.89. The molecule has 0 bridgehead atoms. The maximum absolute atomic E-state index is 11.5. The molecule has 28 heavy (non-hydrogen) atoms. The molecule has 0 aromatic heterocycles. The molecule has 1 N–H and O–H groups in total. The van der Waals surface area contributed by atoms with Gasteiger partial charge >= 0.3 is 7.60 Å². The first kappa shape index (κ1) is 27.9. The zero-order valence-electron chi connectivity index (χ0n) is 17.8. The van der Waals surface area contributed by atoms with Gasteiger partial charge in [-0.3, -0.25) is 4.57 Å². The van der Waals surface area contributed by atoms with Crippen LogP contribution in [0.2, 0.25) is 0 Å². The molecule has 0 aliphatic heterocycles. The van der Waals surface area contributed by atoms with Gasteiger partial charge in [-0.1, -0.05) is 13.8 Å². The van der Waals surface area contributed by atoms with Crippen molar-refractivity contribution in [3.8, 4) is 0 Å². The highest BCUT2D eigenvalue weighted by molar-refractivity contribution is 7.53. The summed E-state index contributed by atoms with van der Waals surface area (Å²) < 4.78 is 48.5. The molecule has 1 unspecified atom stereocenters. The first-order valence-electron chi connectivity index (χ1n) is 9.83. The van der Waals surface area contributed by atoms with Gasteiger partial charge in [0.2, 0.25) is 0 Å². The van der Waals surface area contributed by atoms with Crippen LogP contribution in [0.25, 0.3) is 0 Å². The van der Waals surface area contributed by atoms with Crippen molar-refractivity contribution in [3.63, 3.8) is 0 Å². The average Bonchev–Trinajstić information content (AvgIpc) is 2.63. The number of ether oxygens (including phenoxy) is 6. The van der Waals surface area contributed by atoms with Crippen LogP contribution in [0.15, 0.2) is 0 Å². The summed E-state index contributed by atoms with van der Waals surface area (Å²) in [5, 5.41) is 0. The Morgan fingerprint density at radius 1 is 0.607 bits per heavy atom. The first-order valence-corrected chi connectivity index (χ1v) is 11.5. The molecule has 0 radical (unpaired) electrons. The second kappa shape index (κ2) is 18.9. The third kappa shape index (κ3) is 19.2. The van der Waals surface area contributed by atoms with Gasteiger partial charge in [-0.15, -0.1) is 0 Å². The molecule has 0 heterocycles. The van der Waals surface area contributed by atoms with Gasteiger partial charge in [0.25, 0.3) is 0 Å². The van der Waals surface area contributed by atoms with Gasteiger partial charge in [0.05, 0.1) is 91.0 Å². The predicted octanol–water partition coefficient (Wildman–Crippen LogP) is 2.10. The highest BCUT2D eigenvalue weighted by Crippen LogP contribution is 2.46. The molecule has 0 aliphatic carbocycles. The molecule has 1 atom stereocenters. The summed E-state index contributed by atoms with van der Waals surface area (Å²) in [6.07, 6.45) is 0.228. The van der Waals surface area contributed by atoms with E-state index < -0.39 is 13.3 Å². The molecule has 0 aromatic carbocycles. The molecule has 170 valence electrons. The van der Waals surface area contributed by atoms with E-state index in [2.05, 4.69) is 0 Å². The van der Waals surface area contributed by atoms with E-state index in [1.165, 1.54) is 0 Å². The maximum atomic E-state index is 11.5. The Balaban J connectivity index is 3.13. The fraction of sp³-hybridized carbons (Fsp3) is 1.00. The minimum Gasteiger partial charge on any atom is -0.377 e. The minimum absolute atomic E-state index is 0.0891. The van der Waals surface area contributed by atoms with Gasteiger partial charge in [0.15, 0.2) is 0 Å². The quantitative estimate of drug-likeness (QED) is 0.217. The van der Waals surface area contributed by atoms with Crippen LogP contribution in [0, 0.1) is 0 Å². The molecule has 0 spiro atoms. The molecular weight excluding hydrogens is 391 g/mol. The Morgan fingerprint density at radius 2 is 0.929 bits per heavy atom. The van der Waals surface area contributed by atoms with Gasteiger partial charge in [-0.05, 0) is 13.8 Å². The maximum Gasteiger partial charge on any atom is 0.330 e. The summed E-state index contributed by atoms with van der Waals surface area (Å²) in [5.41, 5.74) is -0.413. The normalized spacial score (nSPS) is 14.1. The van der Waals surface area contributed by atoms with E-state index in [0.717, 1.165) is 0 Å². The number of rotatable bonds is 21. The van der Waals surface area contributed by atoms with Crippen molar-refractivity contribution in [3.05, 3.63) is 0 Å². The van der Waals surface area contributed by atoms with E-state index in [9.17, 15) is 9.46 Å². The van der Waals surface area contributed by atoms with Crippen LogP contribution < -0.4 is 0 Å². The molecule has 0 saturated carbocycles. The Kier molecular flexibility index (Phi) is 18.8. The summed E-state index contributed by atoms with van der Waals surface area (Å²) in [6, 6.07) is 0. The van der Waals surface area contributed by atoms with Crippen LogP contribution in [0.4, 0.5) is 0 Å². The molecule has 9 nitrogen and oxygen atoms in total. The fourth-order valence-electron chi connectivity index (χ4n) is 1.70. The van der Waals surface area contributed by atoms with Crippen molar-refractivity contribution in [1.82, 2.24) is 0 Å². The van der Waals surface area contributed by atoms with E-state index >= 15 is 0 Å². The predicted molar refractivity (Wildman–Crippen MR) is 106 cm³/mol. The van der Waals surface area contributed by atoms with E-state index in [-0.39, 0.29) is 19.3 Å². The van der Waals surface area contributed by atoms with Crippen molar-refractivity contribution in [2.45, 2.75) is 39.5 Å². The molecule has 0 aliphatic rings. The zero-order chi connectivity index (χ0) is 21.1. The smallest absolute Gasteiger partial charge is 0.330 e. The molecule has 10 heteroatoms. The summed E-state index contributed by atoms with van der Waals surface area (Å²) in [7, 11) is -3.51. The first-order chi connectivity index (χ1) is 13.4. The van der Waals surface area contributed by atoms with Crippen molar-refractivity contribution in [2.75, 3.05) is 79.3 Å². The fourth-order valence-corrected chi connectivity index (χ4v) is 2.33. The lowest BCUT2D eigenvalue weighted by atomic mass is 10.5. The van der Waals surface area contributed by atoms with Crippen molar-refractivity contribution in [2.24, 2.45) is 0 Å². The number of hydrogen-bond donors (Lipinski definition) is 1. The average molecular weight is 430 g/mol. The van der Waals surface area contributed by atoms with Gasteiger partial charge in [0, 0.05) is 0 Å². The van der Waals surface area contributed by atoms with Gasteiger partial charge < -0.3 is 37.8 Å². The van der Waals surface area contributed by atoms with E-state index in [4.69, 9.17) is 32.9 Å². The third-order valence-corrected chi connectivity index (χ3v) is 5.18. The Bertz CT molecular complexity index is 380. The summed E-state index contributed by atoms with van der Waals surface area (Å²) in [5.74, 6) is 0. The van der Waals surface area contributed by atoms with E-state index in [1.807, 2.05) is 13.8 Å². The minimum atomic E-state index is -3.51.